The molecule has 10 heteroatoms. The molecule has 0 aromatic rings. The van der Waals surface area contributed by atoms with E-state index in [-0.39, 0.29) is 32.0 Å². The van der Waals surface area contributed by atoms with Gasteiger partial charge in [0.15, 0.2) is 6.10 Å². The second-order valence-electron chi connectivity index (χ2n) is 20.3. The van der Waals surface area contributed by atoms with Crippen molar-refractivity contribution in [3.63, 3.8) is 0 Å². The Kier molecular flexibility index (Phi) is 51.6. The van der Waals surface area contributed by atoms with Crippen LogP contribution in [0.3, 0.4) is 0 Å². The Morgan fingerprint density at radius 3 is 1.16 bits per heavy atom. The highest BCUT2D eigenvalue weighted by molar-refractivity contribution is 7.47. The van der Waals surface area contributed by atoms with Gasteiger partial charge >= 0.3 is 19.8 Å². The highest BCUT2D eigenvalue weighted by atomic mass is 31.2. The number of esters is 2. The molecule has 9 nitrogen and oxygen atoms in total. The molecule has 0 aliphatic carbocycles. The van der Waals surface area contributed by atoms with E-state index < -0.39 is 26.5 Å². The van der Waals surface area contributed by atoms with Crippen LogP contribution in [0.4, 0.5) is 0 Å². The predicted molar refractivity (Wildman–Crippen MR) is 316 cm³/mol. The maximum atomic E-state index is 12.8. The predicted octanol–water partition coefficient (Wildman–Crippen LogP) is 18.4. The van der Waals surface area contributed by atoms with Crippen molar-refractivity contribution in [3.8, 4) is 0 Å². The number of phosphoric acid groups is 1. The van der Waals surface area contributed by atoms with Crippen molar-refractivity contribution < 1.29 is 42.1 Å². The van der Waals surface area contributed by atoms with Gasteiger partial charge < -0.3 is 18.9 Å². The maximum Gasteiger partial charge on any atom is 0.472 e. The van der Waals surface area contributed by atoms with E-state index in [4.69, 9.17) is 18.5 Å². The molecule has 0 rings (SSSR count). The molecule has 2 unspecified atom stereocenters. The fourth-order valence-corrected chi connectivity index (χ4v) is 8.21. The summed E-state index contributed by atoms with van der Waals surface area (Å²) in [6, 6.07) is 0. The Morgan fingerprint density at radius 1 is 0.432 bits per heavy atom. The number of allylic oxidation sites excluding steroid dienone is 20. The van der Waals surface area contributed by atoms with Crippen LogP contribution < -0.4 is 0 Å². The molecule has 0 spiro atoms. The van der Waals surface area contributed by atoms with Gasteiger partial charge in [0.1, 0.15) is 19.8 Å². The minimum atomic E-state index is -4.40. The van der Waals surface area contributed by atoms with Crippen molar-refractivity contribution in [2.75, 3.05) is 47.5 Å². The number of ether oxygens (including phenoxy) is 2. The zero-order chi connectivity index (χ0) is 54.2. The number of quaternary nitrogens is 1. The summed E-state index contributed by atoms with van der Waals surface area (Å²) in [4.78, 5) is 35.6. The van der Waals surface area contributed by atoms with Gasteiger partial charge in [-0.2, -0.15) is 0 Å². The zero-order valence-corrected chi connectivity index (χ0v) is 48.7. The van der Waals surface area contributed by atoms with Crippen LogP contribution in [0.5, 0.6) is 0 Å². The Bertz CT molecular complexity index is 1660. The third kappa shape index (κ3) is 57.7. The average Bonchev–Trinajstić information content (AvgIpc) is 3.36. The van der Waals surface area contributed by atoms with Crippen molar-refractivity contribution in [3.05, 3.63) is 122 Å². The van der Waals surface area contributed by atoms with Gasteiger partial charge in [0, 0.05) is 12.8 Å². The Labute approximate surface area is 454 Å². The van der Waals surface area contributed by atoms with Gasteiger partial charge in [0.25, 0.3) is 0 Å². The number of rotatable bonds is 52. The number of carbonyl (C=O) groups excluding carboxylic acids is 2. The normalized spacial score (nSPS) is 14.2. The highest BCUT2D eigenvalue weighted by Crippen LogP contribution is 2.43. The molecule has 2 atom stereocenters. The monoisotopic (exact) mass is 1050 g/mol. The molecule has 0 aliphatic rings. The molecule has 0 fully saturated rings. The quantitative estimate of drug-likeness (QED) is 0.0211. The molecule has 0 aliphatic heterocycles. The summed E-state index contributed by atoms with van der Waals surface area (Å²) >= 11 is 0. The van der Waals surface area contributed by atoms with Gasteiger partial charge in [-0.15, -0.1) is 0 Å². The van der Waals surface area contributed by atoms with E-state index in [2.05, 4.69) is 135 Å². The van der Waals surface area contributed by atoms with E-state index in [1.807, 2.05) is 21.1 Å². The van der Waals surface area contributed by atoms with E-state index >= 15 is 0 Å². The molecule has 0 saturated heterocycles. The molecular formula is C64H109NO8P+. The molecule has 422 valence electrons. The summed E-state index contributed by atoms with van der Waals surface area (Å²) in [6.45, 7) is 4.27. The van der Waals surface area contributed by atoms with Gasteiger partial charge in [-0.05, 0) is 109 Å². The van der Waals surface area contributed by atoms with Crippen LogP contribution in [0, 0.1) is 0 Å². The van der Waals surface area contributed by atoms with Crippen molar-refractivity contribution in [2.24, 2.45) is 0 Å². The fourth-order valence-electron chi connectivity index (χ4n) is 7.47. The summed E-state index contributed by atoms with van der Waals surface area (Å²) in [5.41, 5.74) is 0. The van der Waals surface area contributed by atoms with Crippen molar-refractivity contribution in [1.82, 2.24) is 0 Å². The number of likely N-dealkylation sites (N-methyl/N-ethyl adjacent to an activating group) is 1. The van der Waals surface area contributed by atoms with E-state index in [0.717, 1.165) is 122 Å². The van der Waals surface area contributed by atoms with Crippen LogP contribution in [-0.4, -0.2) is 74.9 Å². The highest BCUT2D eigenvalue weighted by Gasteiger charge is 2.27. The molecule has 1 N–H and O–H groups in total. The summed E-state index contributed by atoms with van der Waals surface area (Å²) in [5, 5.41) is 0. The van der Waals surface area contributed by atoms with Crippen LogP contribution in [-0.2, 0) is 32.7 Å². The summed E-state index contributed by atoms with van der Waals surface area (Å²) in [7, 11) is 1.45. The smallest absolute Gasteiger partial charge is 0.462 e. The van der Waals surface area contributed by atoms with E-state index in [9.17, 15) is 19.0 Å². The molecule has 0 aromatic heterocycles. The standard InChI is InChI=1S/C64H108NO8P/c1-6-8-10-12-14-16-18-20-22-23-24-25-26-27-28-29-30-31-32-33-34-35-36-37-38-39-40-41-43-45-47-49-51-53-55-57-64(67)73-62(61-72-74(68,69)71-59-58-65(3,4)5)60-70-63(66)56-54-52-50-48-46-44-42-21-19-17-15-13-11-9-7-2/h8,10,14,16,20-22,24-25,27-28,30-31,33-34,36-37,39-40,42,62H,6-7,9,11-13,15,17-19,23,26,29,32,35,38,41,43-61H2,1-5H3/p+1/b10-8-,16-14-,22-20-,25-24-,28-27-,31-30-,34-33-,37-36-,40-39-,42-21-. The van der Waals surface area contributed by atoms with Crippen LogP contribution in [0.2, 0.25) is 0 Å². The summed E-state index contributed by atoms with van der Waals surface area (Å²) in [5.74, 6) is -0.827. The molecular weight excluding hydrogens is 942 g/mol. The molecule has 0 amide bonds. The zero-order valence-electron chi connectivity index (χ0n) is 47.8. The lowest BCUT2D eigenvalue weighted by Crippen LogP contribution is -2.37. The number of unbranched alkanes of at least 4 members (excludes halogenated alkanes) is 18. The molecule has 74 heavy (non-hydrogen) atoms. The number of nitrogens with zero attached hydrogens (tertiary/aromatic N) is 1. The third-order valence-electron chi connectivity index (χ3n) is 12.0. The van der Waals surface area contributed by atoms with Crippen LogP contribution in [0.25, 0.3) is 0 Å². The Hall–Kier alpha value is -3.59. The second-order valence-corrected chi connectivity index (χ2v) is 21.7. The first kappa shape index (κ1) is 70.4. The maximum absolute atomic E-state index is 12.8. The second kappa shape index (κ2) is 54.2. The number of carbonyl (C=O) groups is 2. The minimum Gasteiger partial charge on any atom is -0.462 e. The SMILES string of the molecule is CC/C=C\C/C=C\C/C=C\C/C=C\C/C=C\C/C=C\C/C=C\C/C=C\C/C=C\CCCCCCCCCC(=O)OC(COC(=O)CCCCCCC/C=C\CCCCCCCC)COP(=O)(O)OCC[N+](C)(C)C. The van der Waals surface area contributed by atoms with Gasteiger partial charge in [0.05, 0.1) is 27.7 Å². The molecule has 0 saturated carbocycles. The molecule has 0 radical (unpaired) electrons. The van der Waals surface area contributed by atoms with Crippen molar-refractivity contribution >= 4 is 19.8 Å². The number of hydrogen-bond acceptors (Lipinski definition) is 7. The molecule has 0 bridgehead atoms. The van der Waals surface area contributed by atoms with Gasteiger partial charge in [0.2, 0.25) is 0 Å². The Morgan fingerprint density at radius 2 is 0.770 bits per heavy atom. The first-order valence-electron chi connectivity index (χ1n) is 29.3. The topological polar surface area (TPSA) is 108 Å². The lowest BCUT2D eigenvalue weighted by Gasteiger charge is -2.24. The molecule has 0 aromatic carbocycles. The van der Waals surface area contributed by atoms with Crippen LogP contribution in [0.1, 0.15) is 219 Å². The van der Waals surface area contributed by atoms with E-state index in [0.29, 0.717) is 17.4 Å². The molecule has 0 heterocycles. The van der Waals surface area contributed by atoms with Gasteiger partial charge in [-0.25, -0.2) is 4.57 Å². The average molecular weight is 1050 g/mol. The number of phosphoric ester groups is 1. The summed E-state index contributed by atoms with van der Waals surface area (Å²) < 4.78 is 34.5. The fraction of sp³-hybridized carbons (Fsp3) is 0.656. The first-order valence-corrected chi connectivity index (χ1v) is 30.8. The lowest BCUT2D eigenvalue weighted by molar-refractivity contribution is -0.870. The summed E-state index contributed by atoms with van der Waals surface area (Å²) in [6.07, 6.45) is 76.9. The minimum absolute atomic E-state index is 0.0222. The van der Waals surface area contributed by atoms with Gasteiger partial charge in [-0.1, -0.05) is 219 Å². The van der Waals surface area contributed by atoms with E-state index in [1.54, 1.807) is 0 Å². The number of hydrogen-bond donors (Lipinski definition) is 1. The lowest BCUT2D eigenvalue weighted by atomic mass is 10.1. The van der Waals surface area contributed by atoms with Crippen LogP contribution in [0.15, 0.2) is 122 Å². The van der Waals surface area contributed by atoms with Crippen molar-refractivity contribution in [2.45, 2.75) is 225 Å². The van der Waals surface area contributed by atoms with Crippen molar-refractivity contribution in [1.29, 1.82) is 0 Å². The van der Waals surface area contributed by atoms with E-state index in [1.165, 1.54) is 64.2 Å². The first-order chi connectivity index (χ1) is 36.0. The largest absolute Gasteiger partial charge is 0.472 e. The third-order valence-corrected chi connectivity index (χ3v) is 13.0. The van der Waals surface area contributed by atoms with Gasteiger partial charge in [-0.3, -0.25) is 18.6 Å². The van der Waals surface area contributed by atoms with Crippen LogP contribution >= 0.6 is 7.82 Å². The Balaban J connectivity index is 4.19.